The number of anilines is 3. The summed E-state index contributed by atoms with van der Waals surface area (Å²) in [5, 5.41) is 6.85. The van der Waals surface area contributed by atoms with Crippen molar-refractivity contribution in [1.82, 2.24) is 9.97 Å². The number of nitrogens with zero attached hydrogens (tertiary/aromatic N) is 2. The standard InChI is InChI=1S/C24H20N4O2/c1-2-8-22(29)27-24-26-21-12-7-6-11-20(21)23(28-24)25-17-13-15-19(16-14-17)30-18-9-4-3-5-10-18/h2-16H,1H3,(H2,25,26,27,28,29). The minimum atomic E-state index is -0.277. The van der Waals surface area contributed by atoms with E-state index in [0.717, 1.165) is 28.1 Å². The molecule has 148 valence electrons. The first-order valence-electron chi connectivity index (χ1n) is 9.52. The molecule has 0 saturated carbocycles. The summed E-state index contributed by atoms with van der Waals surface area (Å²) in [7, 11) is 0. The van der Waals surface area contributed by atoms with Gasteiger partial charge < -0.3 is 10.1 Å². The number of benzene rings is 3. The molecule has 0 spiro atoms. The average Bonchev–Trinajstić information content (AvgIpc) is 2.76. The number of carbonyl (C=O) groups is 1. The van der Waals surface area contributed by atoms with Crippen LogP contribution < -0.4 is 15.4 Å². The van der Waals surface area contributed by atoms with Gasteiger partial charge in [0.1, 0.15) is 17.3 Å². The molecule has 1 heterocycles. The maximum absolute atomic E-state index is 11.9. The van der Waals surface area contributed by atoms with E-state index in [1.54, 1.807) is 13.0 Å². The van der Waals surface area contributed by atoms with Crippen LogP contribution in [0.4, 0.5) is 17.5 Å². The first-order valence-corrected chi connectivity index (χ1v) is 9.52. The van der Waals surface area contributed by atoms with E-state index < -0.39 is 0 Å². The largest absolute Gasteiger partial charge is 0.457 e. The van der Waals surface area contributed by atoms with Crippen molar-refractivity contribution >= 4 is 34.3 Å². The molecule has 0 radical (unpaired) electrons. The van der Waals surface area contributed by atoms with Crippen molar-refractivity contribution in [2.24, 2.45) is 0 Å². The highest BCUT2D eigenvalue weighted by Gasteiger charge is 2.09. The average molecular weight is 396 g/mol. The summed E-state index contributed by atoms with van der Waals surface area (Å²) < 4.78 is 5.83. The van der Waals surface area contributed by atoms with Crippen LogP contribution in [0.5, 0.6) is 11.5 Å². The van der Waals surface area contributed by atoms with E-state index in [4.69, 9.17) is 4.74 Å². The first kappa shape index (κ1) is 19.1. The third-order valence-corrected chi connectivity index (χ3v) is 4.25. The number of rotatable bonds is 6. The Morgan fingerprint density at radius 1 is 0.867 bits per heavy atom. The van der Waals surface area contributed by atoms with Crippen molar-refractivity contribution in [3.63, 3.8) is 0 Å². The van der Waals surface area contributed by atoms with E-state index >= 15 is 0 Å². The SMILES string of the molecule is CC=CC(=O)Nc1nc(Nc2ccc(Oc3ccccc3)cc2)c2ccccc2n1. The fraction of sp³-hybridized carbons (Fsp3) is 0.0417. The van der Waals surface area contributed by atoms with Crippen molar-refractivity contribution in [2.45, 2.75) is 6.92 Å². The predicted molar refractivity (Wildman–Crippen MR) is 119 cm³/mol. The normalized spacial score (nSPS) is 10.8. The molecule has 1 aromatic heterocycles. The predicted octanol–water partition coefficient (Wildman–Crippen LogP) is 5.68. The van der Waals surface area contributed by atoms with Gasteiger partial charge in [0.05, 0.1) is 5.52 Å². The Balaban J connectivity index is 1.58. The molecule has 0 aliphatic rings. The molecular weight excluding hydrogens is 376 g/mol. The van der Waals surface area contributed by atoms with Gasteiger partial charge in [0.2, 0.25) is 11.9 Å². The monoisotopic (exact) mass is 396 g/mol. The number of ether oxygens (including phenoxy) is 1. The van der Waals surface area contributed by atoms with Gasteiger partial charge in [-0.2, -0.15) is 4.98 Å². The number of nitrogens with one attached hydrogen (secondary N) is 2. The lowest BCUT2D eigenvalue weighted by atomic mass is 10.2. The lowest BCUT2D eigenvalue weighted by molar-refractivity contribution is -0.111. The van der Waals surface area contributed by atoms with E-state index in [1.165, 1.54) is 6.08 Å². The number of hydrogen-bond donors (Lipinski definition) is 2. The van der Waals surface area contributed by atoms with Crippen molar-refractivity contribution in [3.05, 3.63) is 91.0 Å². The molecule has 0 unspecified atom stereocenters. The van der Waals surface area contributed by atoms with Gasteiger partial charge in [0.15, 0.2) is 0 Å². The van der Waals surface area contributed by atoms with Gasteiger partial charge in [0.25, 0.3) is 0 Å². The second-order valence-corrected chi connectivity index (χ2v) is 6.47. The number of allylic oxidation sites excluding steroid dienone is 1. The zero-order chi connectivity index (χ0) is 20.8. The zero-order valence-electron chi connectivity index (χ0n) is 16.4. The minimum Gasteiger partial charge on any atom is -0.457 e. The third-order valence-electron chi connectivity index (χ3n) is 4.25. The van der Waals surface area contributed by atoms with Gasteiger partial charge in [-0.05, 0) is 61.5 Å². The molecule has 0 aliphatic carbocycles. The summed E-state index contributed by atoms with van der Waals surface area (Å²) in [6.07, 6.45) is 3.09. The Hall–Kier alpha value is -4.19. The van der Waals surface area contributed by atoms with Gasteiger partial charge >= 0.3 is 0 Å². The van der Waals surface area contributed by atoms with Gasteiger partial charge in [-0.3, -0.25) is 10.1 Å². The minimum absolute atomic E-state index is 0.239. The zero-order valence-corrected chi connectivity index (χ0v) is 16.4. The molecule has 4 aromatic rings. The van der Waals surface area contributed by atoms with Crippen LogP contribution in [-0.4, -0.2) is 15.9 Å². The highest BCUT2D eigenvalue weighted by atomic mass is 16.5. The number of fused-ring (bicyclic) bond motifs is 1. The smallest absolute Gasteiger partial charge is 0.250 e. The number of amides is 1. The van der Waals surface area contributed by atoms with Crippen molar-refractivity contribution < 1.29 is 9.53 Å². The molecule has 30 heavy (non-hydrogen) atoms. The maximum atomic E-state index is 11.9. The Bertz CT molecular complexity index is 1190. The molecule has 0 bridgehead atoms. The van der Waals surface area contributed by atoms with Crippen molar-refractivity contribution in [2.75, 3.05) is 10.6 Å². The molecule has 0 atom stereocenters. The number of hydrogen-bond acceptors (Lipinski definition) is 5. The van der Waals surface area contributed by atoms with Crippen LogP contribution in [0, 0.1) is 0 Å². The Morgan fingerprint density at radius 3 is 2.33 bits per heavy atom. The van der Waals surface area contributed by atoms with Crippen LogP contribution in [0.15, 0.2) is 91.0 Å². The van der Waals surface area contributed by atoms with E-state index in [9.17, 15) is 4.79 Å². The summed E-state index contributed by atoms with van der Waals surface area (Å²) in [6.45, 7) is 1.78. The quantitative estimate of drug-likeness (QED) is 0.410. The molecule has 1 amide bonds. The van der Waals surface area contributed by atoms with Crippen LogP contribution in [0.3, 0.4) is 0 Å². The molecule has 6 nitrogen and oxygen atoms in total. The maximum Gasteiger partial charge on any atom is 0.250 e. The molecule has 0 fully saturated rings. The van der Waals surface area contributed by atoms with Gasteiger partial charge in [0, 0.05) is 11.1 Å². The molecule has 2 N–H and O–H groups in total. The molecule has 3 aromatic carbocycles. The van der Waals surface area contributed by atoms with Crippen LogP contribution in [0.25, 0.3) is 10.9 Å². The van der Waals surface area contributed by atoms with E-state index in [1.807, 2.05) is 78.9 Å². The van der Waals surface area contributed by atoms with E-state index in [2.05, 4.69) is 20.6 Å². The summed E-state index contributed by atoms with van der Waals surface area (Å²) in [5.41, 5.74) is 1.57. The van der Waals surface area contributed by atoms with Crippen molar-refractivity contribution in [3.8, 4) is 11.5 Å². The fourth-order valence-corrected chi connectivity index (χ4v) is 2.90. The van der Waals surface area contributed by atoms with E-state index in [0.29, 0.717) is 5.82 Å². The summed E-state index contributed by atoms with van der Waals surface area (Å²) >= 11 is 0. The number of carbonyl (C=O) groups excluding carboxylic acids is 1. The van der Waals surface area contributed by atoms with Crippen LogP contribution in [-0.2, 0) is 4.79 Å². The van der Waals surface area contributed by atoms with E-state index in [-0.39, 0.29) is 11.9 Å². The Labute approximate surface area is 174 Å². The van der Waals surface area contributed by atoms with Gasteiger partial charge in [-0.15, -0.1) is 0 Å². The fourth-order valence-electron chi connectivity index (χ4n) is 2.90. The Morgan fingerprint density at radius 2 is 1.57 bits per heavy atom. The van der Waals surface area contributed by atoms with Gasteiger partial charge in [-0.25, -0.2) is 4.98 Å². The summed E-state index contributed by atoms with van der Waals surface area (Å²) in [4.78, 5) is 20.8. The first-order chi connectivity index (χ1) is 14.7. The van der Waals surface area contributed by atoms with Crippen LogP contribution in [0.1, 0.15) is 6.92 Å². The highest BCUT2D eigenvalue weighted by Crippen LogP contribution is 2.27. The van der Waals surface area contributed by atoms with Crippen LogP contribution >= 0.6 is 0 Å². The second-order valence-electron chi connectivity index (χ2n) is 6.47. The lowest BCUT2D eigenvalue weighted by Crippen LogP contribution is -2.12. The summed E-state index contributed by atoms with van der Waals surface area (Å²) in [6, 6.07) is 24.8. The lowest BCUT2D eigenvalue weighted by Gasteiger charge is -2.12. The van der Waals surface area contributed by atoms with Crippen LogP contribution in [0.2, 0.25) is 0 Å². The molecule has 0 aliphatic heterocycles. The molecular formula is C24H20N4O2. The molecule has 4 rings (SSSR count). The van der Waals surface area contributed by atoms with Gasteiger partial charge in [-0.1, -0.05) is 36.4 Å². The number of para-hydroxylation sites is 2. The third kappa shape index (κ3) is 4.62. The number of aromatic nitrogens is 2. The van der Waals surface area contributed by atoms with Crippen molar-refractivity contribution in [1.29, 1.82) is 0 Å². The summed E-state index contributed by atoms with van der Waals surface area (Å²) in [5.74, 6) is 2.08. The molecule has 6 heteroatoms. The second kappa shape index (κ2) is 8.87. The highest BCUT2D eigenvalue weighted by molar-refractivity contribution is 5.99. The Kier molecular flexibility index (Phi) is 5.66. The molecule has 0 saturated heterocycles. The topological polar surface area (TPSA) is 76.1 Å².